The van der Waals surface area contributed by atoms with Crippen LogP contribution in [0.1, 0.15) is 6.92 Å². The Labute approximate surface area is 133 Å². The Bertz CT molecular complexity index is 677. The van der Waals surface area contributed by atoms with E-state index in [1.54, 1.807) is 6.92 Å². The van der Waals surface area contributed by atoms with Crippen molar-refractivity contribution in [3.63, 3.8) is 0 Å². The zero-order valence-corrected chi connectivity index (χ0v) is 14.6. The molecule has 2 aromatic rings. The van der Waals surface area contributed by atoms with Crippen LogP contribution < -0.4 is 9.92 Å². The molecule has 3 heteroatoms. The van der Waals surface area contributed by atoms with Crippen molar-refractivity contribution < 1.29 is 9.53 Å². The fourth-order valence-electron chi connectivity index (χ4n) is 2.07. The summed E-state index contributed by atoms with van der Waals surface area (Å²) < 4.78 is 5.20. The van der Waals surface area contributed by atoms with E-state index in [1.807, 2.05) is 24.3 Å². The summed E-state index contributed by atoms with van der Waals surface area (Å²) in [5.41, 5.74) is 2.67. The maximum atomic E-state index is 11.5. The monoisotopic (exact) mass is 310 g/mol. The lowest BCUT2D eigenvalue weighted by Crippen LogP contribution is -2.37. The summed E-state index contributed by atoms with van der Waals surface area (Å²) in [6.45, 7) is 12.2. The summed E-state index contributed by atoms with van der Waals surface area (Å²) in [5.74, 6) is 0.141. The average molecular weight is 310 g/mol. The van der Waals surface area contributed by atoms with Gasteiger partial charge >= 0.3 is 5.97 Å². The number of esters is 1. The second-order valence-electron chi connectivity index (χ2n) is 6.52. The van der Waals surface area contributed by atoms with E-state index in [4.69, 9.17) is 4.74 Å². The van der Waals surface area contributed by atoms with Gasteiger partial charge in [-0.2, -0.15) is 0 Å². The normalized spacial score (nSPS) is 11.1. The Morgan fingerprint density at radius 1 is 0.909 bits per heavy atom. The molecule has 114 valence electrons. The van der Waals surface area contributed by atoms with E-state index in [1.165, 1.54) is 10.8 Å². The Kier molecular flexibility index (Phi) is 4.67. The SMILES string of the molecule is C=C(C)C(=O)Oc1ccc(-c2ccc([Si](C)(C)C)cc2)cc1. The molecular formula is C19H22O2Si. The van der Waals surface area contributed by atoms with Gasteiger partial charge in [0.1, 0.15) is 5.75 Å². The minimum Gasteiger partial charge on any atom is -0.423 e. The predicted octanol–water partition coefficient (Wildman–Crippen LogP) is 4.38. The van der Waals surface area contributed by atoms with Crippen molar-refractivity contribution in [3.8, 4) is 16.9 Å². The standard InChI is InChI=1S/C19H22O2Si/c1-14(2)19(20)21-17-10-6-15(7-11-17)16-8-12-18(13-9-16)22(3,4)5/h6-13H,1H2,2-5H3. The molecule has 2 nitrogen and oxygen atoms in total. The summed E-state index contributed by atoms with van der Waals surface area (Å²) in [7, 11) is -1.26. The molecule has 0 radical (unpaired) electrons. The molecule has 0 aliphatic rings. The lowest BCUT2D eigenvalue weighted by atomic mass is 10.1. The van der Waals surface area contributed by atoms with Crippen molar-refractivity contribution in [3.05, 3.63) is 60.7 Å². The van der Waals surface area contributed by atoms with Crippen LogP contribution in [0.5, 0.6) is 5.75 Å². The number of hydrogen-bond donors (Lipinski definition) is 0. The number of carbonyl (C=O) groups excluding carboxylic acids is 1. The van der Waals surface area contributed by atoms with Gasteiger partial charge in [-0.25, -0.2) is 4.79 Å². The van der Waals surface area contributed by atoms with Crippen molar-refractivity contribution in [1.29, 1.82) is 0 Å². The van der Waals surface area contributed by atoms with Crippen molar-refractivity contribution in [2.24, 2.45) is 0 Å². The van der Waals surface area contributed by atoms with E-state index < -0.39 is 14.0 Å². The van der Waals surface area contributed by atoms with Crippen molar-refractivity contribution in [2.75, 3.05) is 0 Å². The number of hydrogen-bond acceptors (Lipinski definition) is 2. The van der Waals surface area contributed by atoms with Crippen molar-refractivity contribution >= 4 is 19.2 Å². The van der Waals surface area contributed by atoms with Crippen molar-refractivity contribution in [2.45, 2.75) is 26.6 Å². The van der Waals surface area contributed by atoms with E-state index in [0.29, 0.717) is 11.3 Å². The Morgan fingerprint density at radius 2 is 1.36 bits per heavy atom. The first-order chi connectivity index (χ1) is 10.3. The van der Waals surface area contributed by atoms with E-state index >= 15 is 0 Å². The maximum absolute atomic E-state index is 11.5. The van der Waals surface area contributed by atoms with Crippen LogP contribution >= 0.6 is 0 Å². The predicted molar refractivity (Wildman–Crippen MR) is 95.3 cm³/mol. The van der Waals surface area contributed by atoms with Crippen LogP contribution in [0.2, 0.25) is 19.6 Å². The Balaban J connectivity index is 2.17. The maximum Gasteiger partial charge on any atom is 0.338 e. The van der Waals surface area contributed by atoms with Gasteiger partial charge in [0.25, 0.3) is 0 Å². The molecule has 0 unspecified atom stereocenters. The molecule has 22 heavy (non-hydrogen) atoms. The molecule has 0 aliphatic heterocycles. The van der Waals surface area contributed by atoms with Gasteiger partial charge in [-0.1, -0.05) is 67.8 Å². The minimum absolute atomic E-state index is 0.394. The van der Waals surface area contributed by atoms with E-state index in [9.17, 15) is 4.79 Å². The second kappa shape index (κ2) is 6.32. The third kappa shape index (κ3) is 3.95. The Hall–Kier alpha value is -2.13. The van der Waals surface area contributed by atoms with Crippen LogP contribution in [-0.2, 0) is 4.79 Å². The number of carbonyl (C=O) groups is 1. The van der Waals surface area contributed by atoms with Gasteiger partial charge in [-0.15, -0.1) is 0 Å². The molecule has 0 atom stereocenters. The highest BCUT2D eigenvalue weighted by Gasteiger charge is 2.15. The van der Waals surface area contributed by atoms with E-state index in [0.717, 1.165) is 5.56 Å². The molecule has 0 amide bonds. The average Bonchev–Trinajstić information content (AvgIpc) is 2.47. The van der Waals surface area contributed by atoms with Crippen molar-refractivity contribution in [1.82, 2.24) is 0 Å². The van der Waals surface area contributed by atoms with Gasteiger partial charge < -0.3 is 4.74 Å². The lowest BCUT2D eigenvalue weighted by molar-refractivity contribution is -0.130. The molecule has 0 heterocycles. The molecule has 2 rings (SSSR count). The molecule has 0 bridgehead atoms. The topological polar surface area (TPSA) is 26.3 Å². The van der Waals surface area contributed by atoms with Gasteiger partial charge in [-0.05, 0) is 30.2 Å². The van der Waals surface area contributed by atoms with Gasteiger partial charge in [0.05, 0.1) is 8.07 Å². The number of benzene rings is 2. The van der Waals surface area contributed by atoms with Crippen LogP contribution in [0.25, 0.3) is 11.1 Å². The second-order valence-corrected chi connectivity index (χ2v) is 11.6. The zero-order chi connectivity index (χ0) is 16.3. The first-order valence-electron chi connectivity index (χ1n) is 7.36. The Morgan fingerprint density at radius 3 is 1.77 bits per heavy atom. The molecule has 2 aromatic carbocycles. The molecule has 0 N–H and O–H groups in total. The zero-order valence-electron chi connectivity index (χ0n) is 13.6. The highest BCUT2D eigenvalue weighted by Crippen LogP contribution is 2.22. The summed E-state index contributed by atoms with van der Waals surface area (Å²) in [6.07, 6.45) is 0. The molecule has 0 saturated heterocycles. The third-order valence-corrected chi connectivity index (χ3v) is 5.56. The molecule has 0 fully saturated rings. The van der Waals surface area contributed by atoms with E-state index in [-0.39, 0.29) is 0 Å². The van der Waals surface area contributed by atoms with Crippen LogP contribution in [-0.4, -0.2) is 14.0 Å². The van der Waals surface area contributed by atoms with Crippen LogP contribution in [0, 0.1) is 0 Å². The summed E-state index contributed by atoms with van der Waals surface area (Å²) in [5, 5.41) is 1.45. The summed E-state index contributed by atoms with van der Waals surface area (Å²) in [6, 6.07) is 16.3. The number of ether oxygens (including phenoxy) is 1. The number of rotatable bonds is 4. The van der Waals surface area contributed by atoms with Crippen LogP contribution in [0.4, 0.5) is 0 Å². The molecular weight excluding hydrogens is 288 g/mol. The van der Waals surface area contributed by atoms with Gasteiger partial charge in [0.15, 0.2) is 0 Å². The van der Waals surface area contributed by atoms with Gasteiger partial charge in [0.2, 0.25) is 0 Å². The molecule has 0 aromatic heterocycles. The third-order valence-electron chi connectivity index (χ3n) is 3.50. The van der Waals surface area contributed by atoms with Gasteiger partial charge in [0, 0.05) is 5.57 Å². The summed E-state index contributed by atoms with van der Waals surface area (Å²) >= 11 is 0. The summed E-state index contributed by atoms with van der Waals surface area (Å²) in [4.78, 5) is 11.5. The largest absolute Gasteiger partial charge is 0.423 e. The highest BCUT2D eigenvalue weighted by atomic mass is 28.3. The minimum atomic E-state index is -1.26. The van der Waals surface area contributed by atoms with Crippen LogP contribution in [0.3, 0.4) is 0 Å². The van der Waals surface area contributed by atoms with Crippen LogP contribution in [0.15, 0.2) is 60.7 Å². The highest BCUT2D eigenvalue weighted by molar-refractivity contribution is 6.88. The smallest absolute Gasteiger partial charge is 0.338 e. The quantitative estimate of drug-likeness (QED) is 0.362. The lowest BCUT2D eigenvalue weighted by Gasteiger charge is -2.16. The fraction of sp³-hybridized carbons (Fsp3) is 0.211. The van der Waals surface area contributed by atoms with E-state index in [2.05, 4.69) is 50.5 Å². The molecule has 0 spiro atoms. The molecule has 0 saturated carbocycles. The first kappa shape index (κ1) is 16.2. The first-order valence-corrected chi connectivity index (χ1v) is 10.9. The fourth-order valence-corrected chi connectivity index (χ4v) is 3.24. The molecule has 0 aliphatic carbocycles. The van der Waals surface area contributed by atoms with Gasteiger partial charge in [-0.3, -0.25) is 0 Å².